The Bertz CT molecular complexity index is 958. The van der Waals surface area contributed by atoms with Gasteiger partial charge in [0.25, 0.3) is 0 Å². The standard InChI is InChI=1S/C27H32N2O4/c1-21(2)16-17-31-25-12-8-22(9-13-25)28-20-27(30)29-23-10-14-26(15-11-23)33-19-18-32-24-6-4-3-5-7-24/h3-15,21,28H,16-20H2,1-2H3,(H,29,30). The van der Waals surface area contributed by atoms with E-state index >= 15 is 0 Å². The van der Waals surface area contributed by atoms with Gasteiger partial charge in [-0.1, -0.05) is 32.0 Å². The van der Waals surface area contributed by atoms with E-state index in [9.17, 15) is 4.79 Å². The summed E-state index contributed by atoms with van der Waals surface area (Å²) in [7, 11) is 0. The van der Waals surface area contributed by atoms with Gasteiger partial charge in [-0.3, -0.25) is 4.79 Å². The van der Waals surface area contributed by atoms with Gasteiger partial charge in [-0.25, -0.2) is 0 Å². The molecular formula is C27H32N2O4. The number of carbonyl (C=O) groups is 1. The van der Waals surface area contributed by atoms with E-state index < -0.39 is 0 Å². The Morgan fingerprint density at radius 3 is 1.79 bits per heavy atom. The molecule has 3 aromatic rings. The lowest BCUT2D eigenvalue weighted by Gasteiger charge is -2.11. The zero-order valence-corrected chi connectivity index (χ0v) is 19.3. The number of rotatable bonds is 13. The summed E-state index contributed by atoms with van der Waals surface area (Å²) in [6, 6.07) is 24.5. The van der Waals surface area contributed by atoms with Gasteiger partial charge in [-0.05, 0) is 73.0 Å². The fraction of sp³-hybridized carbons (Fsp3) is 0.296. The van der Waals surface area contributed by atoms with Crippen LogP contribution in [0.5, 0.6) is 17.2 Å². The third-order valence-electron chi connectivity index (χ3n) is 4.77. The minimum Gasteiger partial charge on any atom is -0.494 e. The van der Waals surface area contributed by atoms with Crippen LogP contribution in [0, 0.1) is 5.92 Å². The van der Waals surface area contributed by atoms with Crippen molar-refractivity contribution in [2.45, 2.75) is 20.3 Å². The summed E-state index contributed by atoms with van der Waals surface area (Å²) < 4.78 is 17.0. The molecule has 0 spiro atoms. The van der Waals surface area contributed by atoms with Crippen molar-refractivity contribution < 1.29 is 19.0 Å². The zero-order chi connectivity index (χ0) is 23.3. The average Bonchev–Trinajstić information content (AvgIpc) is 2.83. The van der Waals surface area contributed by atoms with Crippen LogP contribution in [0.2, 0.25) is 0 Å². The first-order chi connectivity index (χ1) is 16.1. The number of hydrogen-bond donors (Lipinski definition) is 2. The van der Waals surface area contributed by atoms with Crippen molar-refractivity contribution in [3.63, 3.8) is 0 Å². The summed E-state index contributed by atoms with van der Waals surface area (Å²) in [5, 5.41) is 5.99. The molecule has 2 N–H and O–H groups in total. The predicted octanol–water partition coefficient (Wildman–Crippen LogP) is 5.62. The molecule has 0 aliphatic rings. The molecule has 0 fully saturated rings. The third kappa shape index (κ3) is 9.15. The Balaban J connectivity index is 1.33. The van der Waals surface area contributed by atoms with E-state index in [1.807, 2.05) is 78.9 Å². The molecule has 0 aliphatic heterocycles. The summed E-state index contributed by atoms with van der Waals surface area (Å²) in [5.41, 5.74) is 1.58. The van der Waals surface area contributed by atoms with E-state index in [-0.39, 0.29) is 12.5 Å². The second kappa shape index (κ2) is 13.0. The molecule has 3 rings (SSSR count). The molecule has 0 unspecified atom stereocenters. The highest BCUT2D eigenvalue weighted by molar-refractivity contribution is 5.93. The second-order valence-electron chi connectivity index (χ2n) is 7.99. The van der Waals surface area contributed by atoms with Crippen molar-refractivity contribution in [3.8, 4) is 17.2 Å². The number of benzene rings is 3. The van der Waals surface area contributed by atoms with E-state index in [2.05, 4.69) is 24.5 Å². The minimum absolute atomic E-state index is 0.128. The second-order valence-corrected chi connectivity index (χ2v) is 7.99. The quantitative estimate of drug-likeness (QED) is 0.332. The molecule has 0 aromatic heterocycles. The largest absolute Gasteiger partial charge is 0.494 e. The third-order valence-corrected chi connectivity index (χ3v) is 4.77. The van der Waals surface area contributed by atoms with E-state index in [0.717, 1.165) is 29.4 Å². The molecule has 3 aromatic carbocycles. The first-order valence-electron chi connectivity index (χ1n) is 11.3. The van der Waals surface area contributed by atoms with Crippen molar-refractivity contribution >= 4 is 17.3 Å². The molecule has 0 atom stereocenters. The Morgan fingerprint density at radius 1 is 0.697 bits per heavy atom. The van der Waals surface area contributed by atoms with Crippen LogP contribution >= 0.6 is 0 Å². The Kier molecular flexibility index (Phi) is 9.45. The van der Waals surface area contributed by atoms with Crippen LogP contribution in [-0.2, 0) is 4.79 Å². The van der Waals surface area contributed by atoms with Crippen LogP contribution in [0.4, 0.5) is 11.4 Å². The summed E-state index contributed by atoms with van der Waals surface area (Å²) >= 11 is 0. The van der Waals surface area contributed by atoms with Crippen LogP contribution in [0.25, 0.3) is 0 Å². The summed E-state index contributed by atoms with van der Waals surface area (Å²) in [6.07, 6.45) is 1.02. The van der Waals surface area contributed by atoms with Crippen molar-refractivity contribution in [2.75, 3.05) is 37.0 Å². The molecule has 0 radical (unpaired) electrons. The number of nitrogens with one attached hydrogen (secondary N) is 2. The molecule has 1 amide bonds. The highest BCUT2D eigenvalue weighted by Crippen LogP contribution is 2.18. The maximum atomic E-state index is 12.2. The highest BCUT2D eigenvalue weighted by atomic mass is 16.5. The van der Waals surface area contributed by atoms with E-state index in [4.69, 9.17) is 14.2 Å². The molecule has 0 bridgehead atoms. The van der Waals surface area contributed by atoms with Crippen LogP contribution in [0.15, 0.2) is 78.9 Å². The molecule has 33 heavy (non-hydrogen) atoms. The molecule has 0 aliphatic carbocycles. The number of para-hydroxylation sites is 1. The lowest BCUT2D eigenvalue weighted by Crippen LogP contribution is -2.21. The smallest absolute Gasteiger partial charge is 0.243 e. The van der Waals surface area contributed by atoms with Crippen molar-refractivity contribution in [1.29, 1.82) is 0 Å². The van der Waals surface area contributed by atoms with Gasteiger partial charge in [0.1, 0.15) is 30.5 Å². The first kappa shape index (κ1) is 24.0. The molecule has 174 valence electrons. The van der Waals surface area contributed by atoms with E-state index in [0.29, 0.717) is 31.4 Å². The Hall–Kier alpha value is -3.67. The zero-order valence-electron chi connectivity index (χ0n) is 19.3. The number of hydrogen-bond acceptors (Lipinski definition) is 5. The molecule has 6 nitrogen and oxygen atoms in total. The van der Waals surface area contributed by atoms with Crippen LogP contribution in [-0.4, -0.2) is 32.3 Å². The fourth-order valence-corrected chi connectivity index (χ4v) is 2.94. The summed E-state index contributed by atoms with van der Waals surface area (Å²) in [4.78, 5) is 12.2. The lowest BCUT2D eigenvalue weighted by atomic mass is 10.1. The summed E-state index contributed by atoms with van der Waals surface area (Å²) in [6.45, 7) is 6.12. The van der Waals surface area contributed by atoms with Crippen LogP contribution < -0.4 is 24.8 Å². The monoisotopic (exact) mass is 448 g/mol. The first-order valence-corrected chi connectivity index (χ1v) is 11.3. The molecule has 0 heterocycles. The normalized spacial score (nSPS) is 10.5. The van der Waals surface area contributed by atoms with Crippen LogP contribution in [0.3, 0.4) is 0 Å². The van der Waals surface area contributed by atoms with Gasteiger partial charge in [0, 0.05) is 11.4 Å². The van der Waals surface area contributed by atoms with E-state index in [1.165, 1.54) is 0 Å². The molecule has 6 heteroatoms. The van der Waals surface area contributed by atoms with Crippen molar-refractivity contribution in [2.24, 2.45) is 5.92 Å². The van der Waals surface area contributed by atoms with Gasteiger partial charge >= 0.3 is 0 Å². The van der Waals surface area contributed by atoms with Gasteiger partial charge in [0.15, 0.2) is 0 Å². The van der Waals surface area contributed by atoms with Gasteiger partial charge in [-0.2, -0.15) is 0 Å². The van der Waals surface area contributed by atoms with Gasteiger partial charge in [0.05, 0.1) is 13.2 Å². The SMILES string of the molecule is CC(C)CCOc1ccc(NCC(=O)Nc2ccc(OCCOc3ccccc3)cc2)cc1. The van der Waals surface area contributed by atoms with Gasteiger partial charge < -0.3 is 24.8 Å². The topological polar surface area (TPSA) is 68.8 Å². The minimum atomic E-state index is -0.128. The van der Waals surface area contributed by atoms with Crippen molar-refractivity contribution in [1.82, 2.24) is 0 Å². The van der Waals surface area contributed by atoms with E-state index in [1.54, 1.807) is 0 Å². The lowest BCUT2D eigenvalue weighted by molar-refractivity contribution is -0.114. The van der Waals surface area contributed by atoms with Gasteiger partial charge in [-0.15, -0.1) is 0 Å². The number of ether oxygens (including phenoxy) is 3. The van der Waals surface area contributed by atoms with Crippen molar-refractivity contribution in [3.05, 3.63) is 78.9 Å². The number of carbonyl (C=O) groups excluding carboxylic acids is 1. The van der Waals surface area contributed by atoms with Crippen LogP contribution in [0.1, 0.15) is 20.3 Å². The number of anilines is 2. The fourth-order valence-electron chi connectivity index (χ4n) is 2.94. The maximum absolute atomic E-state index is 12.2. The maximum Gasteiger partial charge on any atom is 0.243 e. The van der Waals surface area contributed by atoms with Gasteiger partial charge in [0.2, 0.25) is 5.91 Å². The average molecular weight is 449 g/mol. The highest BCUT2D eigenvalue weighted by Gasteiger charge is 2.04. The Labute approximate surface area is 195 Å². The summed E-state index contributed by atoms with van der Waals surface area (Å²) in [5.74, 6) is 2.86. The Morgan fingerprint density at radius 2 is 1.21 bits per heavy atom. The molecular weight excluding hydrogens is 416 g/mol. The number of amides is 1. The molecule has 0 saturated carbocycles. The predicted molar refractivity (Wildman–Crippen MR) is 132 cm³/mol. The molecule has 0 saturated heterocycles.